The first-order valence-corrected chi connectivity index (χ1v) is 28.3. The van der Waals surface area contributed by atoms with E-state index in [-0.39, 0.29) is 81.2 Å². The predicted octanol–water partition coefficient (Wildman–Crippen LogP) is 8.22. The number of pyridine rings is 1. The van der Waals surface area contributed by atoms with Gasteiger partial charge in [-0.1, -0.05) is 38.1 Å². The summed E-state index contributed by atoms with van der Waals surface area (Å²) in [4.78, 5) is 37.1. The smallest absolute Gasteiger partial charge is 0.297 e. The van der Waals surface area contributed by atoms with Crippen molar-refractivity contribution in [3.63, 3.8) is 0 Å². The van der Waals surface area contributed by atoms with Crippen molar-refractivity contribution in [1.82, 2.24) is 23.9 Å². The molecule has 3 aromatic carbocycles. The number of rotatable bonds is 13. The molecule has 2 saturated heterocycles. The Kier molecular flexibility index (Phi) is 13.5. The first-order chi connectivity index (χ1) is 34.7. The summed E-state index contributed by atoms with van der Waals surface area (Å²) in [5, 5.41) is 26.2. The van der Waals surface area contributed by atoms with Gasteiger partial charge in [-0.25, -0.2) is 30.9 Å². The Morgan fingerprint density at radius 2 is 1.77 bits per heavy atom. The zero-order valence-electron chi connectivity index (χ0n) is 41.5. The van der Waals surface area contributed by atoms with Gasteiger partial charge in [-0.2, -0.15) is 4.31 Å². The third kappa shape index (κ3) is 10.1. The minimum atomic E-state index is -4.75. The van der Waals surface area contributed by atoms with Crippen molar-refractivity contribution in [1.29, 1.82) is 0 Å². The molecule has 5 aliphatic rings. The predicted molar refractivity (Wildman–Crippen MR) is 274 cm³/mol. The highest BCUT2D eigenvalue weighted by molar-refractivity contribution is 7.90. The van der Waals surface area contributed by atoms with Crippen molar-refractivity contribution in [2.24, 2.45) is 11.3 Å². The number of nitro groups is 1. The molecule has 2 saturated carbocycles. The summed E-state index contributed by atoms with van der Waals surface area (Å²) in [6.45, 7) is 10.8. The van der Waals surface area contributed by atoms with Crippen molar-refractivity contribution in [2.75, 3.05) is 55.3 Å². The average molecular weight is 1040 g/mol. The maximum Gasteiger partial charge on any atom is 0.297 e. The first-order valence-electron chi connectivity index (χ1n) is 25.3. The van der Waals surface area contributed by atoms with Gasteiger partial charge in [0, 0.05) is 74.9 Å². The van der Waals surface area contributed by atoms with Gasteiger partial charge in [0.05, 0.1) is 44.4 Å². The number of nitrogens with zero attached hydrogens (tertiary/aromatic N) is 5. The number of hydrogen-bond donors (Lipinski definition) is 4. The maximum atomic E-state index is 14.7. The number of aliphatic hydroxyl groups is 1. The van der Waals surface area contributed by atoms with Crippen LogP contribution in [0.25, 0.3) is 11.0 Å². The van der Waals surface area contributed by atoms with Crippen LogP contribution in [0.5, 0.6) is 17.2 Å². The number of halogens is 1. The van der Waals surface area contributed by atoms with Gasteiger partial charge < -0.3 is 29.8 Å². The van der Waals surface area contributed by atoms with E-state index < -0.39 is 52.9 Å². The number of nitrogens with one attached hydrogen (secondary N) is 3. The second kappa shape index (κ2) is 19.4. The van der Waals surface area contributed by atoms with Crippen molar-refractivity contribution < 1.29 is 45.5 Å². The Bertz CT molecular complexity index is 3160. The van der Waals surface area contributed by atoms with E-state index in [1.807, 2.05) is 12.1 Å². The zero-order chi connectivity index (χ0) is 51.6. The summed E-state index contributed by atoms with van der Waals surface area (Å²) in [7, 11) is -8.12. The Morgan fingerprint density at radius 3 is 2.48 bits per heavy atom. The molecule has 3 aliphatic heterocycles. The molecule has 2 aliphatic carbocycles. The third-order valence-corrected chi connectivity index (χ3v) is 19.4. The highest BCUT2D eigenvalue weighted by atomic mass is 32.2. The van der Waals surface area contributed by atoms with Crippen LogP contribution in [0.4, 0.5) is 21.5 Å². The number of aromatic nitrogens is 2. The lowest BCUT2D eigenvalue weighted by Crippen LogP contribution is -2.60. The maximum absolute atomic E-state index is 14.7. The quantitative estimate of drug-likeness (QED) is 0.0644. The molecule has 5 heterocycles. The van der Waals surface area contributed by atoms with Crippen LogP contribution in [0, 0.1) is 27.3 Å². The number of amides is 1. The molecule has 10 rings (SSSR count). The number of aromatic amines is 1. The van der Waals surface area contributed by atoms with Gasteiger partial charge in [0.2, 0.25) is 10.0 Å². The number of hydrogen-bond acceptors (Lipinski definition) is 14. The largest absolute Gasteiger partial charge is 0.489 e. The van der Waals surface area contributed by atoms with Gasteiger partial charge >= 0.3 is 0 Å². The summed E-state index contributed by atoms with van der Waals surface area (Å²) < 4.78 is 85.0. The Balaban J connectivity index is 0.865. The van der Waals surface area contributed by atoms with Crippen LogP contribution in [0.3, 0.4) is 0 Å². The molecular formula is C52H63FN8O10S2. The SMILES string of the molecule is CCS(=O)(=O)N1CCN(C2CC3(CCN(c4ccc(C(=O)NS(=O)(=O)c5cc6c(c([N+](=O)[O-])c5)N[C@@H]([C@H]5CC[C@](C)(O)CC5)CO6)c(Oc5cnc6[nH]cc(F)c6c5)c4)CC3)C2)[C@@H](c2ccccc2C(C)C)C1. The van der Waals surface area contributed by atoms with Crippen molar-refractivity contribution in [2.45, 2.75) is 114 Å². The number of nitro benzene ring substituents is 1. The molecule has 21 heteroatoms. The van der Waals surface area contributed by atoms with Gasteiger partial charge in [-0.3, -0.25) is 19.8 Å². The molecule has 2 atom stereocenters. The molecule has 4 N–H and O–H groups in total. The molecule has 1 amide bonds. The standard InChI is InChI=1S/C52H63FN8O10S2/c1-5-72(66,67)59-20-21-60(45(30-59)39-9-7-6-8-38(39)32(2)3)35-26-52(27-35)16-18-58(19-17-52)34-10-11-40(46(22-34)71-36-23-41-42(53)29-55-49(41)54-28-36)50(62)57-73(68,69)37-24-44(61(64)65)48-47(25-37)70-31-43(56-48)33-12-14-51(4,63)15-13-33/h6-11,22-25,28-29,32-33,35,43,45,56,63H,5,12-21,26-27,30-31H2,1-4H3,(H,54,55)(H,57,62)/t33-,43-,45-,51-/m1/s1. The van der Waals surface area contributed by atoms with Crippen molar-refractivity contribution >= 4 is 54.0 Å². The van der Waals surface area contributed by atoms with E-state index in [9.17, 15) is 41.2 Å². The molecule has 1 spiro atoms. The molecule has 0 unspecified atom stereocenters. The number of sulfonamides is 2. The average Bonchev–Trinajstić information content (AvgIpc) is 3.73. The van der Waals surface area contributed by atoms with E-state index in [1.54, 1.807) is 30.3 Å². The number of ether oxygens (including phenoxy) is 2. The fourth-order valence-electron chi connectivity index (χ4n) is 11.9. The van der Waals surface area contributed by atoms with Gasteiger partial charge in [0.25, 0.3) is 21.6 Å². The number of piperazine rings is 1. The van der Waals surface area contributed by atoms with Crippen LogP contribution in [-0.4, -0.2) is 115 Å². The second-order valence-electron chi connectivity index (χ2n) is 21.2. The van der Waals surface area contributed by atoms with E-state index >= 15 is 0 Å². The van der Waals surface area contributed by atoms with Gasteiger partial charge in [-0.15, -0.1) is 0 Å². The Morgan fingerprint density at radius 1 is 1.03 bits per heavy atom. The molecule has 18 nitrogen and oxygen atoms in total. The van der Waals surface area contributed by atoms with Gasteiger partial charge in [-0.05, 0) is 112 Å². The molecule has 4 fully saturated rings. The van der Waals surface area contributed by atoms with Crippen molar-refractivity contribution in [3.05, 3.63) is 106 Å². The molecule has 390 valence electrons. The molecule has 2 aromatic heterocycles. The molecule has 5 aromatic rings. The zero-order valence-corrected chi connectivity index (χ0v) is 43.1. The molecular weight excluding hydrogens is 980 g/mol. The first kappa shape index (κ1) is 50.7. The Labute approximate surface area is 424 Å². The van der Waals surface area contributed by atoms with Crippen LogP contribution >= 0.6 is 0 Å². The van der Waals surface area contributed by atoms with Crippen molar-refractivity contribution in [3.8, 4) is 17.2 Å². The van der Waals surface area contributed by atoms with Gasteiger partial charge in [0.1, 0.15) is 29.6 Å². The number of fused-ring (bicyclic) bond motifs is 2. The number of anilines is 2. The van der Waals surface area contributed by atoms with Crippen LogP contribution in [0.1, 0.15) is 113 Å². The minimum Gasteiger partial charge on any atom is -0.489 e. The van der Waals surface area contributed by atoms with Crippen LogP contribution in [0.2, 0.25) is 0 Å². The van der Waals surface area contributed by atoms with Crippen LogP contribution < -0.4 is 24.4 Å². The number of carbonyl (C=O) groups is 1. The summed E-state index contributed by atoms with van der Waals surface area (Å²) in [5.74, 6) is -1.21. The van der Waals surface area contributed by atoms with E-state index in [0.717, 1.165) is 44.0 Å². The molecule has 73 heavy (non-hydrogen) atoms. The lowest BCUT2D eigenvalue weighted by Gasteiger charge is -2.58. The molecule has 0 bridgehead atoms. The monoisotopic (exact) mass is 1040 g/mol. The second-order valence-corrected chi connectivity index (χ2v) is 25.2. The number of carbonyl (C=O) groups excluding carboxylic acids is 1. The number of H-pyrrole nitrogens is 1. The summed E-state index contributed by atoms with van der Waals surface area (Å²) in [6, 6.07) is 16.6. The van der Waals surface area contributed by atoms with Crippen LogP contribution in [0.15, 0.2) is 78.0 Å². The highest BCUT2D eigenvalue weighted by Gasteiger charge is 2.51. The Hall–Kier alpha value is -5.87. The van der Waals surface area contributed by atoms with E-state index in [2.05, 4.69) is 55.8 Å². The van der Waals surface area contributed by atoms with Crippen LogP contribution in [-0.2, 0) is 20.0 Å². The number of benzene rings is 3. The summed E-state index contributed by atoms with van der Waals surface area (Å²) in [5.41, 5.74) is 2.06. The fraction of sp³-hybridized carbons (Fsp3) is 0.500. The third-order valence-electron chi connectivity index (χ3n) is 16.2. The fourth-order valence-corrected chi connectivity index (χ4v) is 14.0. The summed E-state index contributed by atoms with van der Waals surface area (Å²) >= 11 is 0. The van der Waals surface area contributed by atoms with E-state index in [1.165, 1.54) is 29.5 Å². The highest BCUT2D eigenvalue weighted by Crippen LogP contribution is 2.54. The lowest BCUT2D eigenvalue weighted by atomic mass is 9.59. The number of piperidine rings is 1. The van der Waals surface area contributed by atoms with Gasteiger partial charge in [0.15, 0.2) is 11.4 Å². The van der Waals surface area contributed by atoms with E-state index in [4.69, 9.17) is 9.47 Å². The lowest BCUT2D eigenvalue weighted by molar-refractivity contribution is -0.384. The van der Waals surface area contributed by atoms with E-state index in [0.29, 0.717) is 70.1 Å². The summed E-state index contributed by atoms with van der Waals surface area (Å²) in [6.07, 6.45) is 8.78. The normalized spacial score (nSPS) is 23.9. The molecule has 0 radical (unpaired) electrons. The minimum absolute atomic E-state index is 0.0255. The topological polar surface area (TPSA) is 230 Å².